The lowest BCUT2D eigenvalue weighted by Crippen LogP contribution is -2.10. The molecule has 0 atom stereocenters. The highest BCUT2D eigenvalue weighted by Crippen LogP contribution is 2.43. The van der Waals surface area contributed by atoms with Gasteiger partial charge in [-0.05, 0) is 133 Å². The van der Waals surface area contributed by atoms with E-state index in [4.69, 9.17) is 0 Å². The van der Waals surface area contributed by atoms with Crippen LogP contribution in [0.2, 0.25) is 0 Å². The van der Waals surface area contributed by atoms with E-state index in [2.05, 4.69) is 284 Å². The van der Waals surface area contributed by atoms with Crippen molar-refractivity contribution in [2.24, 2.45) is 0 Å². The van der Waals surface area contributed by atoms with Gasteiger partial charge in [-0.2, -0.15) is 0 Å². The van der Waals surface area contributed by atoms with Crippen molar-refractivity contribution >= 4 is 104 Å². The van der Waals surface area contributed by atoms with Gasteiger partial charge >= 0.3 is 0 Å². The lowest BCUT2D eigenvalue weighted by Gasteiger charge is -2.26. The van der Waals surface area contributed by atoms with Crippen LogP contribution in [0.5, 0.6) is 0 Å². The summed E-state index contributed by atoms with van der Waals surface area (Å²) in [6, 6.07) is 95.1. The first-order chi connectivity index (χ1) is 35.2. The highest BCUT2D eigenvalue weighted by Gasteiger charge is 2.22. The second-order valence-corrected chi connectivity index (χ2v) is 18.6. The van der Waals surface area contributed by atoms with Gasteiger partial charge in [-0.25, -0.2) is 0 Å². The molecule has 0 bridgehead atoms. The van der Waals surface area contributed by atoms with Gasteiger partial charge < -0.3 is 23.2 Å². The van der Waals surface area contributed by atoms with Gasteiger partial charge in [0, 0.05) is 82.9 Å². The highest BCUT2D eigenvalue weighted by atomic mass is 15.1. The summed E-state index contributed by atoms with van der Waals surface area (Å²) in [5.41, 5.74) is 17.3. The molecule has 0 fully saturated rings. The number of aromatic nitrogens is 4. The Morgan fingerprint density at radius 3 is 0.732 bits per heavy atom. The third-order valence-corrected chi connectivity index (χ3v) is 14.7. The monoisotopic (exact) mass is 905 g/mol. The summed E-state index contributed by atoms with van der Waals surface area (Å²) in [6.45, 7) is 0. The van der Waals surface area contributed by atoms with Crippen LogP contribution in [-0.4, -0.2) is 18.3 Å². The quantitative estimate of drug-likeness (QED) is 0.156. The van der Waals surface area contributed by atoms with E-state index in [0.717, 1.165) is 39.8 Å². The molecule has 71 heavy (non-hydrogen) atoms. The first-order valence-electron chi connectivity index (χ1n) is 24.3. The maximum Gasteiger partial charge on any atom is 0.0548 e. The van der Waals surface area contributed by atoms with Crippen LogP contribution in [0.4, 0.5) is 17.1 Å². The zero-order chi connectivity index (χ0) is 46.6. The van der Waals surface area contributed by atoms with Crippen molar-refractivity contribution in [1.29, 1.82) is 0 Å². The van der Waals surface area contributed by atoms with E-state index in [1.54, 1.807) is 0 Å². The fourth-order valence-electron chi connectivity index (χ4n) is 11.7. The number of hydrogen-bond donors (Lipinski definition) is 0. The van der Waals surface area contributed by atoms with Gasteiger partial charge in [0.15, 0.2) is 0 Å². The van der Waals surface area contributed by atoms with Crippen LogP contribution in [0.3, 0.4) is 0 Å². The third-order valence-electron chi connectivity index (χ3n) is 14.7. The number of rotatable bonds is 7. The highest BCUT2D eigenvalue weighted by molar-refractivity contribution is 6.20. The number of fused-ring (bicyclic) bond motifs is 12. The lowest BCUT2D eigenvalue weighted by molar-refractivity contribution is 1.16. The molecule has 0 saturated heterocycles. The summed E-state index contributed by atoms with van der Waals surface area (Å²) in [4.78, 5) is 2.36. The molecule has 11 aromatic carbocycles. The molecule has 0 unspecified atom stereocenters. The normalized spacial score (nSPS) is 11.9. The van der Waals surface area contributed by atoms with Crippen LogP contribution < -0.4 is 4.90 Å². The van der Waals surface area contributed by atoms with E-state index in [-0.39, 0.29) is 0 Å². The minimum atomic E-state index is 1.08. The second kappa shape index (κ2) is 15.5. The fourth-order valence-corrected chi connectivity index (χ4v) is 11.7. The van der Waals surface area contributed by atoms with Crippen molar-refractivity contribution in [3.8, 4) is 22.7 Å². The summed E-state index contributed by atoms with van der Waals surface area (Å²) >= 11 is 0. The van der Waals surface area contributed by atoms with Gasteiger partial charge in [0.2, 0.25) is 0 Å². The van der Waals surface area contributed by atoms with Gasteiger partial charge in [0.25, 0.3) is 0 Å². The van der Waals surface area contributed by atoms with E-state index in [0.29, 0.717) is 0 Å². The van der Waals surface area contributed by atoms with Crippen molar-refractivity contribution in [3.63, 3.8) is 0 Å². The van der Waals surface area contributed by atoms with Gasteiger partial charge in [-0.3, -0.25) is 0 Å². The molecule has 5 heteroatoms. The summed E-state index contributed by atoms with van der Waals surface area (Å²) in [6.07, 6.45) is 0. The predicted molar refractivity (Wildman–Crippen MR) is 298 cm³/mol. The van der Waals surface area contributed by atoms with Crippen LogP contribution in [0.25, 0.3) is 110 Å². The molecule has 0 spiro atoms. The van der Waals surface area contributed by atoms with Crippen molar-refractivity contribution in [2.45, 2.75) is 0 Å². The molecule has 0 saturated carbocycles. The predicted octanol–water partition coefficient (Wildman–Crippen LogP) is 17.5. The van der Waals surface area contributed by atoms with Crippen LogP contribution in [0.1, 0.15) is 0 Å². The number of benzene rings is 11. The molecule has 0 N–H and O–H groups in total. The van der Waals surface area contributed by atoms with Gasteiger partial charge in [0.05, 0.1) is 44.1 Å². The standard InChI is InChI=1S/C66H43N5/c1-4-18-44(19-5-1)67(47-32-36-49(37-33-47)70-61-30-16-12-26-53(61)57-40-63-55(42-65(57)70)51-24-10-14-28-59(51)68(63)45-20-6-2-7-21-45)48-34-38-50(39-35-48)71-62-31-17-13-27-54(62)58-41-64-56(43-66(58)71)52-25-11-15-29-60(52)69(64)46-22-8-3-9-23-46/h1-43H. The zero-order valence-corrected chi connectivity index (χ0v) is 38.6. The molecule has 5 nitrogen and oxygen atoms in total. The average Bonchev–Trinajstić information content (AvgIpc) is 4.15. The Balaban J connectivity index is 0.857. The van der Waals surface area contributed by atoms with E-state index in [9.17, 15) is 0 Å². The molecule has 15 aromatic rings. The summed E-state index contributed by atoms with van der Waals surface area (Å²) in [7, 11) is 0. The van der Waals surface area contributed by atoms with Gasteiger partial charge in [0.1, 0.15) is 0 Å². The summed E-state index contributed by atoms with van der Waals surface area (Å²) in [5, 5.41) is 9.89. The Bertz CT molecular complexity index is 4260. The topological polar surface area (TPSA) is 23.0 Å². The second-order valence-electron chi connectivity index (χ2n) is 18.6. The molecule has 0 aliphatic carbocycles. The Morgan fingerprint density at radius 1 is 0.183 bits per heavy atom. The largest absolute Gasteiger partial charge is 0.311 e. The molecular weight excluding hydrogens is 863 g/mol. The molecule has 4 aromatic heterocycles. The third kappa shape index (κ3) is 5.93. The number of hydrogen-bond acceptors (Lipinski definition) is 1. The Morgan fingerprint density at radius 2 is 0.423 bits per heavy atom. The number of nitrogens with zero attached hydrogens (tertiary/aromatic N) is 5. The van der Waals surface area contributed by atoms with Crippen LogP contribution in [0, 0.1) is 0 Å². The molecule has 0 aliphatic rings. The molecule has 15 rings (SSSR count). The minimum absolute atomic E-state index is 1.08. The van der Waals surface area contributed by atoms with Crippen LogP contribution in [0.15, 0.2) is 261 Å². The Hall–Kier alpha value is -9.58. The van der Waals surface area contributed by atoms with Crippen LogP contribution >= 0.6 is 0 Å². The molecule has 4 heterocycles. The molecule has 0 aliphatic heterocycles. The maximum atomic E-state index is 2.43. The summed E-state index contributed by atoms with van der Waals surface area (Å²) < 4.78 is 9.68. The SMILES string of the molecule is c1ccc(N(c2ccc(-n3c4ccccc4c4cc5c(cc43)c3ccccc3n5-c3ccccc3)cc2)c2ccc(-n3c4ccccc4c4cc5c(cc43)c3ccccc3n5-c3ccccc3)cc2)cc1. The number of para-hydroxylation sites is 7. The van der Waals surface area contributed by atoms with Crippen molar-refractivity contribution in [3.05, 3.63) is 261 Å². The van der Waals surface area contributed by atoms with Crippen molar-refractivity contribution < 1.29 is 0 Å². The van der Waals surface area contributed by atoms with Crippen molar-refractivity contribution in [1.82, 2.24) is 18.3 Å². The van der Waals surface area contributed by atoms with E-state index >= 15 is 0 Å². The Labute approximate surface area is 409 Å². The minimum Gasteiger partial charge on any atom is -0.311 e. The number of anilines is 3. The smallest absolute Gasteiger partial charge is 0.0548 e. The Kier molecular flexibility index (Phi) is 8.59. The molecule has 332 valence electrons. The van der Waals surface area contributed by atoms with Gasteiger partial charge in [-0.1, -0.05) is 127 Å². The van der Waals surface area contributed by atoms with E-state index in [1.807, 2.05) is 0 Å². The fraction of sp³-hybridized carbons (Fsp3) is 0. The van der Waals surface area contributed by atoms with E-state index in [1.165, 1.54) is 87.2 Å². The molecule has 0 amide bonds. The van der Waals surface area contributed by atoms with Gasteiger partial charge in [-0.15, -0.1) is 0 Å². The van der Waals surface area contributed by atoms with Crippen molar-refractivity contribution in [2.75, 3.05) is 4.90 Å². The average molecular weight is 906 g/mol. The maximum absolute atomic E-state index is 2.43. The zero-order valence-electron chi connectivity index (χ0n) is 38.6. The summed E-state index contributed by atoms with van der Waals surface area (Å²) in [5.74, 6) is 0. The molecule has 0 radical (unpaired) electrons. The first kappa shape index (κ1) is 39.4. The lowest BCUT2D eigenvalue weighted by atomic mass is 10.1. The molecular formula is C66H43N5. The van der Waals surface area contributed by atoms with Crippen LogP contribution in [-0.2, 0) is 0 Å². The van der Waals surface area contributed by atoms with E-state index < -0.39 is 0 Å². The first-order valence-corrected chi connectivity index (χ1v) is 24.3.